The summed E-state index contributed by atoms with van der Waals surface area (Å²) in [5, 5.41) is 7.53. The first-order chi connectivity index (χ1) is 8.25. The first-order valence-corrected chi connectivity index (χ1v) is 6.45. The van der Waals surface area contributed by atoms with E-state index in [1.165, 1.54) is 16.8 Å². The largest absolute Gasteiger partial charge is 0.376 e. The van der Waals surface area contributed by atoms with Gasteiger partial charge in [0.25, 0.3) is 0 Å². The lowest BCUT2D eigenvalue weighted by atomic mass is 10.0. The highest BCUT2D eigenvalue weighted by Crippen LogP contribution is 2.30. The molecule has 1 aromatic carbocycles. The fourth-order valence-electron chi connectivity index (χ4n) is 2.09. The lowest BCUT2D eigenvalue weighted by Gasteiger charge is -2.12. The molecule has 2 heterocycles. The highest BCUT2D eigenvalue weighted by molar-refractivity contribution is 9.10. The lowest BCUT2D eigenvalue weighted by molar-refractivity contribution is 0.110. The molecule has 1 N–H and O–H groups in total. The van der Waals surface area contributed by atoms with E-state index in [-0.39, 0.29) is 0 Å². The topological polar surface area (TPSA) is 37.9 Å². The van der Waals surface area contributed by atoms with Crippen LogP contribution >= 0.6 is 15.9 Å². The Hall–Kier alpha value is -1.13. The Bertz CT molecular complexity index is 563. The van der Waals surface area contributed by atoms with E-state index in [0.29, 0.717) is 6.61 Å². The predicted octanol–water partition coefficient (Wildman–Crippen LogP) is 3.22. The predicted molar refractivity (Wildman–Crippen MR) is 69.8 cm³/mol. The second-order valence-corrected chi connectivity index (χ2v) is 5.15. The van der Waals surface area contributed by atoms with Crippen LogP contribution in [0.2, 0.25) is 0 Å². The molecule has 1 aliphatic heterocycles. The highest BCUT2D eigenvalue weighted by Gasteiger charge is 2.18. The first kappa shape index (κ1) is 11.0. The zero-order valence-corrected chi connectivity index (χ0v) is 11.2. The van der Waals surface area contributed by atoms with Gasteiger partial charge in [0.05, 0.1) is 18.9 Å². The summed E-state index contributed by atoms with van der Waals surface area (Å²) in [6.45, 7) is 3.52. The molecule has 0 amide bonds. The Balaban J connectivity index is 2.09. The number of fused-ring (bicyclic) bond motifs is 1. The molecular weight excluding hydrogens is 280 g/mol. The van der Waals surface area contributed by atoms with Crippen LogP contribution in [0.4, 0.5) is 0 Å². The van der Waals surface area contributed by atoms with E-state index in [0.717, 1.165) is 28.8 Å². The maximum atomic E-state index is 5.50. The summed E-state index contributed by atoms with van der Waals surface area (Å²) in [5.74, 6) is 0. The number of aromatic nitrogens is 2. The van der Waals surface area contributed by atoms with Crippen molar-refractivity contribution in [1.82, 2.24) is 10.2 Å². The molecule has 0 saturated heterocycles. The zero-order chi connectivity index (χ0) is 11.8. The van der Waals surface area contributed by atoms with Crippen LogP contribution in [-0.2, 0) is 17.8 Å². The van der Waals surface area contributed by atoms with Crippen LogP contribution in [0.5, 0.6) is 0 Å². The van der Waals surface area contributed by atoms with Gasteiger partial charge in [0.15, 0.2) is 0 Å². The number of benzene rings is 1. The monoisotopic (exact) mass is 292 g/mol. The third-order valence-corrected chi connectivity index (χ3v) is 4.00. The van der Waals surface area contributed by atoms with Crippen molar-refractivity contribution in [3.63, 3.8) is 0 Å². The Morgan fingerprint density at radius 1 is 1.41 bits per heavy atom. The Kier molecular flexibility index (Phi) is 2.76. The standard InChI is InChI=1S/C13H13BrN2O/c1-8-2-3-9(6-11(8)14)13-10-7-17-5-4-12(10)15-16-13/h2-3,6H,4-5,7H2,1H3,(H,15,16). The fraction of sp³-hybridized carbons (Fsp3) is 0.308. The van der Waals surface area contributed by atoms with Gasteiger partial charge in [-0.1, -0.05) is 28.1 Å². The molecule has 0 fully saturated rings. The average molecular weight is 293 g/mol. The van der Waals surface area contributed by atoms with E-state index in [2.05, 4.69) is 51.3 Å². The number of H-pyrrole nitrogens is 1. The van der Waals surface area contributed by atoms with Gasteiger partial charge in [-0.25, -0.2) is 0 Å². The van der Waals surface area contributed by atoms with Crippen molar-refractivity contribution in [3.8, 4) is 11.3 Å². The molecule has 3 rings (SSSR count). The Morgan fingerprint density at radius 2 is 2.29 bits per heavy atom. The maximum absolute atomic E-state index is 5.50. The lowest BCUT2D eigenvalue weighted by Crippen LogP contribution is -2.08. The van der Waals surface area contributed by atoms with E-state index in [4.69, 9.17) is 4.74 Å². The van der Waals surface area contributed by atoms with Gasteiger partial charge in [-0.15, -0.1) is 0 Å². The van der Waals surface area contributed by atoms with E-state index in [1.54, 1.807) is 0 Å². The number of aryl methyl sites for hydroxylation is 1. The number of aromatic amines is 1. The fourth-order valence-corrected chi connectivity index (χ4v) is 2.47. The minimum Gasteiger partial charge on any atom is -0.376 e. The van der Waals surface area contributed by atoms with Crippen LogP contribution in [0, 0.1) is 6.92 Å². The molecule has 2 aromatic rings. The third kappa shape index (κ3) is 1.91. The van der Waals surface area contributed by atoms with Crippen molar-refractivity contribution in [3.05, 3.63) is 39.5 Å². The number of ether oxygens (including phenoxy) is 1. The van der Waals surface area contributed by atoms with E-state index >= 15 is 0 Å². The molecule has 0 saturated carbocycles. The van der Waals surface area contributed by atoms with Crippen molar-refractivity contribution in [2.75, 3.05) is 6.61 Å². The van der Waals surface area contributed by atoms with Crippen molar-refractivity contribution < 1.29 is 4.74 Å². The van der Waals surface area contributed by atoms with E-state index in [1.807, 2.05) is 0 Å². The molecule has 0 bridgehead atoms. The minimum absolute atomic E-state index is 0.659. The molecular formula is C13H13BrN2O. The van der Waals surface area contributed by atoms with Gasteiger partial charge in [0, 0.05) is 27.7 Å². The molecule has 1 aliphatic rings. The van der Waals surface area contributed by atoms with Gasteiger partial charge in [-0.3, -0.25) is 5.10 Å². The summed E-state index contributed by atoms with van der Waals surface area (Å²) >= 11 is 3.56. The maximum Gasteiger partial charge on any atom is 0.0979 e. The van der Waals surface area contributed by atoms with Crippen molar-refractivity contribution in [2.45, 2.75) is 20.0 Å². The Morgan fingerprint density at radius 3 is 3.12 bits per heavy atom. The number of hydrogen-bond acceptors (Lipinski definition) is 2. The molecule has 4 heteroatoms. The Labute approximate surface area is 108 Å². The van der Waals surface area contributed by atoms with Gasteiger partial charge in [-0.05, 0) is 18.6 Å². The third-order valence-electron chi connectivity index (χ3n) is 3.14. The van der Waals surface area contributed by atoms with Crippen molar-refractivity contribution in [1.29, 1.82) is 0 Å². The quantitative estimate of drug-likeness (QED) is 0.876. The van der Waals surface area contributed by atoms with Gasteiger partial charge in [-0.2, -0.15) is 5.10 Å². The summed E-state index contributed by atoms with van der Waals surface area (Å²) in [6, 6.07) is 6.32. The number of rotatable bonds is 1. The van der Waals surface area contributed by atoms with Crippen LogP contribution in [-0.4, -0.2) is 16.8 Å². The molecule has 0 aliphatic carbocycles. The number of nitrogens with zero attached hydrogens (tertiary/aromatic N) is 1. The highest BCUT2D eigenvalue weighted by atomic mass is 79.9. The van der Waals surface area contributed by atoms with E-state index in [9.17, 15) is 0 Å². The summed E-state index contributed by atoms with van der Waals surface area (Å²) in [7, 11) is 0. The van der Waals surface area contributed by atoms with Gasteiger partial charge in [0.2, 0.25) is 0 Å². The molecule has 0 radical (unpaired) electrons. The molecule has 3 nitrogen and oxygen atoms in total. The van der Waals surface area contributed by atoms with Crippen LogP contribution in [0.3, 0.4) is 0 Å². The summed E-state index contributed by atoms with van der Waals surface area (Å²) in [4.78, 5) is 0. The molecule has 0 atom stereocenters. The van der Waals surface area contributed by atoms with Gasteiger partial charge in [0.1, 0.15) is 0 Å². The number of hydrogen-bond donors (Lipinski definition) is 1. The molecule has 0 spiro atoms. The SMILES string of the molecule is Cc1ccc(-c2n[nH]c3c2COCC3)cc1Br. The van der Waals surface area contributed by atoms with E-state index < -0.39 is 0 Å². The molecule has 17 heavy (non-hydrogen) atoms. The van der Waals surface area contributed by atoms with Crippen LogP contribution in [0.15, 0.2) is 22.7 Å². The molecule has 88 valence electrons. The second kappa shape index (κ2) is 4.27. The molecule has 0 unspecified atom stereocenters. The smallest absolute Gasteiger partial charge is 0.0979 e. The number of halogens is 1. The van der Waals surface area contributed by atoms with Gasteiger partial charge >= 0.3 is 0 Å². The summed E-state index contributed by atoms with van der Waals surface area (Å²) < 4.78 is 6.61. The summed E-state index contributed by atoms with van der Waals surface area (Å²) in [6.07, 6.45) is 0.926. The van der Waals surface area contributed by atoms with Crippen molar-refractivity contribution in [2.24, 2.45) is 0 Å². The van der Waals surface area contributed by atoms with Gasteiger partial charge < -0.3 is 4.74 Å². The zero-order valence-electron chi connectivity index (χ0n) is 9.59. The van der Waals surface area contributed by atoms with Crippen molar-refractivity contribution >= 4 is 15.9 Å². The average Bonchev–Trinajstić information content (AvgIpc) is 2.76. The second-order valence-electron chi connectivity index (χ2n) is 4.30. The number of nitrogens with one attached hydrogen (secondary N) is 1. The minimum atomic E-state index is 0.659. The molecule has 1 aromatic heterocycles. The normalized spacial score (nSPS) is 14.7. The van der Waals surface area contributed by atoms with Crippen LogP contribution < -0.4 is 0 Å². The van der Waals surface area contributed by atoms with Crippen LogP contribution in [0.1, 0.15) is 16.8 Å². The summed E-state index contributed by atoms with van der Waals surface area (Å²) in [5.41, 5.74) is 5.79. The first-order valence-electron chi connectivity index (χ1n) is 5.66. The van der Waals surface area contributed by atoms with Crippen LogP contribution in [0.25, 0.3) is 11.3 Å².